The summed E-state index contributed by atoms with van der Waals surface area (Å²) in [6.07, 6.45) is 0. The van der Waals surface area contributed by atoms with Crippen LogP contribution in [0.15, 0.2) is 23.1 Å². The average molecular weight is 183 g/mol. The summed E-state index contributed by atoms with van der Waals surface area (Å²) < 4.78 is 12.4. The molecule has 0 saturated carbocycles. The van der Waals surface area contributed by atoms with E-state index in [0.29, 0.717) is 5.69 Å². The summed E-state index contributed by atoms with van der Waals surface area (Å²) in [5.41, 5.74) is 5.68. The van der Waals surface area contributed by atoms with Crippen LogP contribution in [-0.2, 0) is 0 Å². The van der Waals surface area contributed by atoms with Crippen LogP contribution < -0.4 is 5.73 Å². The molecule has 0 spiro atoms. The van der Waals surface area contributed by atoms with Crippen LogP contribution >= 0.6 is 12.6 Å². The first-order valence-electron chi connectivity index (χ1n) is 2.45. The van der Waals surface area contributed by atoms with Crippen molar-refractivity contribution < 1.29 is 4.39 Å². The van der Waals surface area contributed by atoms with Crippen LogP contribution in [0.2, 0.25) is 0 Å². The number of hydrogen-bond acceptors (Lipinski definition) is 2. The molecule has 0 unspecified atom stereocenters. The Bertz CT molecular complexity index is 209. The van der Waals surface area contributed by atoms with Gasteiger partial charge in [-0.3, -0.25) is 0 Å². The first-order chi connectivity index (χ1) is 4.22. The van der Waals surface area contributed by atoms with Gasteiger partial charge in [-0.15, -0.1) is 12.6 Å². The third kappa shape index (κ3) is 2.31. The van der Waals surface area contributed by atoms with Crippen LogP contribution in [0, 0.1) is 5.82 Å². The summed E-state index contributed by atoms with van der Waals surface area (Å²) in [7, 11) is 0. The normalized spacial score (nSPS) is 8.60. The second-order valence-electron chi connectivity index (χ2n) is 1.68. The Morgan fingerprint density at radius 1 is 1.40 bits per heavy atom. The largest absolute Gasteiger partial charge is 0.398 e. The molecule has 2 N–H and O–H groups in total. The van der Waals surface area contributed by atoms with Gasteiger partial charge in [-0.05, 0) is 12.1 Å². The Labute approximate surface area is 94.2 Å². The van der Waals surface area contributed by atoms with Crippen molar-refractivity contribution in [2.24, 2.45) is 0 Å². The zero-order valence-electron chi connectivity index (χ0n) is 5.34. The van der Waals surface area contributed by atoms with Crippen LogP contribution in [0.4, 0.5) is 10.1 Å². The standard InChI is InChI=1S/C6H6FNS.Ca/c7-4-2-1-3-5(8)6(4)9;/h1-3,9H,8H2;. The molecule has 1 aromatic rings. The Morgan fingerprint density at radius 2 is 2.00 bits per heavy atom. The fourth-order valence-electron chi connectivity index (χ4n) is 0.532. The third-order valence-electron chi connectivity index (χ3n) is 1.02. The molecule has 0 aliphatic carbocycles. The number of halogens is 1. The molecule has 1 aromatic carbocycles. The molecule has 0 bridgehead atoms. The van der Waals surface area contributed by atoms with Gasteiger partial charge in [0.2, 0.25) is 0 Å². The molecule has 0 saturated heterocycles. The van der Waals surface area contributed by atoms with Gasteiger partial charge < -0.3 is 5.73 Å². The SMILES string of the molecule is Nc1cccc(F)c1S.[Ca]. The Morgan fingerprint density at radius 3 is 2.40 bits per heavy atom. The number of benzene rings is 1. The summed E-state index contributed by atoms with van der Waals surface area (Å²) in [6.45, 7) is 0. The zero-order valence-corrected chi connectivity index (χ0v) is 8.44. The molecule has 0 fully saturated rings. The van der Waals surface area contributed by atoms with Crippen molar-refractivity contribution in [3.63, 3.8) is 0 Å². The minimum absolute atomic E-state index is 0. The Kier molecular flexibility index (Phi) is 4.69. The molecular formula is C6H6CaFNS. The van der Waals surface area contributed by atoms with E-state index in [9.17, 15) is 4.39 Å². The number of anilines is 1. The first-order valence-corrected chi connectivity index (χ1v) is 2.89. The molecule has 0 heterocycles. The van der Waals surface area contributed by atoms with Gasteiger partial charge in [0.25, 0.3) is 0 Å². The van der Waals surface area contributed by atoms with E-state index in [2.05, 4.69) is 12.6 Å². The monoisotopic (exact) mass is 183 g/mol. The maximum atomic E-state index is 12.4. The topological polar surface area (TPSA) is 26.0 Å². The molecule has 4 heteroatoms. The molecular weight excluding hydrogens is 177 g/mol. The molecule has 2 radical (unpaired) electrons. The maximum absolute atomic E-state index is 12.4. The molecule has 10 heavy (non-hydrogen) atoms. The predicted octanol–water partition coefficient (Wildman–Crippen LogP) is 1.32. The molecule has 0 amide bonds. The molecule has 0 atom stereocenters. The summed E-state index contributed by atoms with van der Waals surface area (Å²) in [5.74, 6) is -0.377. The van der Waals surface area contributed by atoms with Crippen molar-refractivity contribution >= 4 is 56.1 Å². The van der Waals surface area contributed by atoms with Crippen molar-refractivity contribution in [3.8, 4) is 0 Å². The van der Waals surface area contributed by atoms with Gasteiger partial charge in [0.1, 0.15) is 5.82 Å². The number of nitrogens with two attached hydrogens (primary N) is 1. The number of thiol groups is 1. The predicted molar refractivity (Wildman–Crippen MR) is 43.8 cm³/mol. The second-order valence-corrected chi connectivity index (χ2v) is 2.12. The van der Waals surface area contributed by atoms with Gasteiger partial charge in [-0.1, -0.05) is 6.07 Å². The van der Waals surface area contributed by atoms with Gasteiger partial charge in [0.05, 0.1) is 4.90 Å². The summed E-state index contributed by atoms with van der Waals surface area (Å²) in [5, 5.41) is 0. The number of nitrogen functional groups attached to an aromatic ring is 1. The van der Waals surface area contributed by atoms with Crippen molar-refractivity contribution in [1.29, 1.82) is 0 Å². The van der Waals surface area contributed by atoms with Crippen molar-refractivity contribution in [3.05, 3.63) is 24.0 Å². The van der Waals surface area contributed by atoms with E-state index in [4.69, 9.17) is 5.73 Å². The van der Waals surface area contributed by atoms with Crippen molar-refractivity contribution in [2.75, 3.05) is 5.73 Å². The van der Waals surface area contributed by atoms with E-state index in [1.807, 2.05) is 0 Å². The smallest absolute Gasteiger partial charge is 0.138 e. The summed E-state index contributed by atoms with van der Waals surface area (Å²) >= 11 is 3.81. The molecule has 1 rings (SSSR count). The van der Waals surface area contributed by atoms with E-state index < -0.39 is 0 Å². The third-order valence-corrected chi connectivity index (χ3v) is 1.49. The number of hydrogen-bond donors (Lipinski definition) is 2. The fraction of sp³-hybridized carbons (Fsp3) is 0. The zero-order chi connectivity index (χ0) is 6.85. The minimum Gasteiger partial charge on any atom is -0.398 e. The van der Waals surface area contributed by atoms with Crippen molar-refractivity contribution in [2.45, 2.75) is 4.90 Å². The molecule has 50 valence electrons. The minimum atomic E-state index is -0.377. The maximum Gasteiger partial charge on any atom is 0.138 e. The van der Waals surface area contributed by atoms with Gasteiger partial charge >= 0.3 is 0 Å². The average Bonchev–Trinajstić information content (AvgIpc) is 1.83. The quantitative estimate of drug-likeness (QED) is 0.354. The van der Waals surface area contributed by atoms with Crippen LogP contribution in [0.3, 0.4) is 0 Å². The number of rotatable bonds is 0. The van der Waals surface area contributed by atoms with Gasteiger partial charge in [0.15, 0.2) is 0 Å². The molecule has 0 aliphatic heterocycles. The van der Waals surface area contributed by atoms with E-state index >= 15 is 0 Å². The molecule has 0 aliphatic rings. The van der Waals surface area contributed by atoms with Crippen LogP contribution in [-0.4, -0.2) is 37.7 Å². The van der Waals surface area contributed by atoms with Crippen LogP contribution in [0.25, 0.3) is 0 Å². The summed E-state index contributed by atoms with van der Waals surface area (Å²) in [4.78, 5) is 0.220. The fourth-order valence-corrected chi connectivity index (χ4v) is 0.681. The van der Waals surface area contributed by atoms with Gasteiger partial charge in [0, 0.05) is 43.4 Å². The van der Waals surface area contributed by atoms with Gasteiger partial charge in [-0.25, -0.2) is 4.39 Å². The summed E-state index contributed by atoms with van der Waals surface area (Å²) in [6, 6.07) is 4.47. The van der Waals surface area contributed by atoms with E-state index in [1.54, 1.807) is 12.1 Å². The van der Waals surface area contributed by atoms with Gasteiger partial charge in [-0.2, -0.15) is 0 Å². The van der Waals surface area contributed by atoms with E-state index in [1.165, 1.54) is 6.07 Å². The molecule has 1 nitrogen and oxygen atoms in total. The second kappa shape index (κ2) is 4.44. The van der Waals surface area contributed by atoms with Crippen LogP contribution in [0.1, 0.15) is 0 Å². The van der Waals surface area contributed by atoms with Crippen LogP contribution in [0.5, 0.6) is 0 Å². The molecule has 0 aromatic heterocycles. The van der Waals surface area contributed by atoms with E-state index in [-0.39, 0.29) is 48.5 Å². The Hall–Kier alpha value is 0.560. The van der Waals surface area contributed by atoms with Crippen molar-refractivity contribution in [1.82, 2.24) is 0 Å². The van der Waals surface area contributed by atoms with E-state index in [0.717, 1.165) is 0 Å². The Balaban J connectivity index is 0.000000810. The first kappa shape index (κ1) is 10.6.